The van der Waals surface area contributed by atoms with Crippen molar-refractivity contribution in [1.82, 2.24) is 24.9 Å². The van der Waals surface area contributed by atoms with Gasteiger partial charge in [-0.15, -0.1) is 0 Å². The predicted octanol–water partition coefficient (Wildman–Crippen LogP) is 1.84. The van der Waals surface area contributed by atoms with Crippen LogP contribution in [0.1, 0.15) is 32.0 Å². The highest BCUT2D eigenvalue weighted by Crippen LogP contribution is 2.08. The second-order valence-corrected chi connectivity index (χ2v) is 4.49. The maximum absolute atomic E-state index is 4.55. The van der Waals surface area contributed by atoms with Gasteiger partial charge in [-0.1, -0.05) is 6.92 Å². The minimum Gasteiger partial charge on any atom is -0.309 e. The summed E-state index contributed by atoms with van der Waals surface area (Å²) in [6, 6.07) is 4.49. The van der Waals surface area contributed by atoms with Crippen LogP contribution in [0.5, 0.6) is 0 Å². The van der Waals surface area contributed by atoms with E-state index in [1.807, 2.05) is 21.6 Å². The van der Waals surface area contributed by atoms with Gasteiger partial charge in [-0.25, -0.2) is 0 Å². The van der Waals surface area contributed by atoms with Crippen molar-refractivity contribution >= 4 is 0 Å². The lowest BCUT2D eigenvalue weighted by atomic mass is 10.3. The van der Waals surface area contributed by atoms with Gasteiger partial charge in [0.25, 0.3) is 0 Å². The molecule has 0 amide bonds. The lowest BCUT2D eigenvalue weighted by molar-refractivity contribution is 0.470. The Morgan fingerprint density at radius 2 is 2.28 bits per heavy atom. The summed E-state index contributed by atoms with van der Waals surface area (Å²) < 4.78 is 3.95. The number of hydrogen-bond donors (Lipinski definition) is 1. The van der Waals surface area contributed by atoms with Gasteiger partial charge in [-0.3, -0.25) is 9.36 Å². The van der Waals surface area contributed by atoms with Crippen LogP contribution in [0.15, 0.2) is 30.7 Å². The number of nitrogens with one attached hydrogen (secondary N) is 1. The molecule has 98 valence electrons. The quantitative estimate of drug-likeness (QED) is 0.759. The summed E-state index contributed by atoms with van der Waals surface area (Å²) in [7, 11) is 0. The summed E-state index contributed by atoms with van der Waals surface area (Å²) in [5, 5.41) is 12.1. The molecule has 0 radical (unpaired) electrons. The summed E-state index contributed by atoms with van der Waals surface area (Å²) in [6.45, 7) is 6.96. The van der Waals surface area contributed by atoms with E-state index < -0.39 is 0 Å². The molecular formula is C13H21N5. The average Bonchev–Trinajstić information content (AvgIpc) is 3.05. The van der Waals surface area contributed by atoms with Crippen LogP contribution < -0.4 is 5.32 Å². The van der Waals surface area contributed by atoms with E-state index in [1.54, 1.807) is 6.20 Å². The molecule has 0 saturated heterocycles. The Bertz CT molecular complexity index is 446. The van der Waals surface area contributed by atoms with Crippen LogP contribution in [0.3, 0.4) is 0 Å². The molecule has 0 aromatic carbocycles. The maximum Gasteiger partial charge on any atom is 0.0762 e. The average molecular weight is 247 g/mol. The van der Waals surface area contributed by atoms with Crippen LogP contribution in [0, 0.1) is 0 Å². The van der Waals surface area contributed by atoms with Crippen molar-refractivity contribution in [2.75, 3.05) is 6.54 Å². The third-order valence-corrected chi connectivity index (χ3v) is 3.09. The molecule has 2 aromatic rings. The standard InChI is InChI=1S/C13H21N5/c1-3-12(2)18-9-5-13(16-18)11-14-7-10-17-8-4-6-15-17/h4-6,8-9,12,14H,3,7,10-11H2,1-2H3. The minimum atomic E-state index is 0.475. The number of rotatable bonds is 7. The van der Waals surface area contributed by atoms with Crippen LogP contribution in [0.4, 0.5) is 0 Å². The summed E-state index contributed by atoms with van der Waals surface area (Å²) in [5.41, 5.74) is 1.09. The number of nitrogens with zero attached hydrogens (tertiary/aromatic N) is 4. The Labute approximate surface area is 108 Å². The first-order valence-corrected chi connectivity index (χ1v) is 6.51. The Morgan fingerprint density at radius 3 is 3.00 bits per heavy atom. The molecular weight excluding hydrogens is 226 g/mol. The molecule has 0 fully saturated rings. The normalized spacial score (nSPS) is 12.8. The topological polar surface area (TPSA) is 47.7 Å². The fourth-order valence-electron chi connectivity index (χ4n) is 1.75. The molecule has 2 heterocycles. The van der Waals surface area contributed by atoms with Gasteiger partial charge in [0, 0.05) is 37.7 Å². The summed E-state index contributed by atoms with van der Waals surface area (Å²) in [5.74, 6) is 0. The maximum atomic E-state index is 4.55. The van der Waals surface area contributed by atoms with Crippen LogP contribution in [0.2, 0.25) is 0 Å². The Balaban J connectivity index is 1.71. The molecule has 2 aromatic heterocycles. The molecule has 18 heavy (non-hydrogen) atoms. The number of hydrogen-bond acceptors (Lipinski definition) is 3. The van der Waals surface area contributed by atoms with Crippen molar-refractivity contribution in [3.8, 4) is 0 Å². The van der Waals surface area contributed by atoms with E-state index in [0.717, 1.165) is 31.7 Å². The summed E-state index contributed by atoms with van der Waals surface area (Å²) in [6.07, 6.45) is 6.93. The Hall–Kier alpha value is -1.62. The first kappa shape index (κ1) is 12.8. The van der Waals surface area contributed by atoms with E-state index in [4.69, 9.17) is 0 Å². The molecule has 0 aliphatic heterocycles. The van der Waals surface area contributed by atoms with Gasteiger partial charge in [-0.05, 0) is 25.5 Å². The van der Waals surface area contributed by atoms with Gasteiger partial charge in [0.1, 0.15) is 0 Å². The van der Waals surface area contributed by atoms with E-state index >= 15 is 0 Å². The van der Waals surface area contributed by atoms with Gasteiger partial charge in [0.05, 0.1) is 12.2 Å². The highest BCUT2D eigenvalue weighted by Gasteiger charge is 2.03. The first-order valence-electron chi connectivity index (χ1n) is 6.51. The van der Waals surface area contributed by atoms with Crippen molar-refractivity contribution in [3.63, 3.8) is 0 Å². The van der Waals surface area contributed by atoms with Crippen molar-refractivity contribution in [1.29, 1.82) is 0 Å². The fraction of sp³-hybridized carbons (Fsp3) is 0.538. The SMILES string of the molecule is CCC(C)n1ccc(CNCCn2cccn2)n1. The molecule has 0 bridgehead atoms. The molecule has 5 nitrogen and oxygen atoms in total. The molecule has 1 N–H and O–H groups in total. The third-order valence-electron chi connectivity index (χ3n) is 3.09. The molecule has 0 spiro atoms. The van der Waals surface area contributed by atoms with Crippen molar-refractivity contribution in [3.05, 3.63) is 36.4 Å². The van der Waals surface area contributed by atoms with Crippen LogP contribution in [0.25, 0.3) is 0 Å². The summed E-state index contributed by atoms with van der Waals surface area (Å²) >= 11 is 0. The Morgan fingerprint density at radius 1 is 1.39 bits per heavy atom. The van der Waals surface area contributed by atoms with Gasteiger partial charge in [0.15, 0.2) is 0 Å². The van der Waals surface area contributed by atoms with E-state index in [2.05, 4.69) is 41.6 Å². The van der Waals surface area contributed by atoms with Gasteiger partial charge in [-0.2, -0.15) is 10.2 Å². The van der Waals surface area contributed by atoms with E-state index in [-0.39, 0.29) is 0 Å². The second-order valence-electron chi connectivity index (χ2n) is 4.49. The zero-order valence-corrected chi connectivity index (χ0v) is 11.1. The third kappa shape index (κ3) is 3.43. The smallest absolute Gasteiger partial charge is 0.0762 e. The molecule has 1 atom stereocenters. The molecule has 5 heteroatoms. The van der Waals surface area contributed by atoms with Crippen LogP contribution >= 0.6 is 0 Å². The first-order chi connectivity index (χ1) is 8.79. The lowest BCUT2D eigenvalue weighted by Crippen LogP contribution is -2.20. The number of aromatic nitrogens is 4. The fourth-order valence-corrected chi connectivity index (χ4v) is 1.75. The lowest BCUT2D eigenvalue weighted by Gasteiger charge is -2.08. The highest BCUT2D eigenvalue weighted by atomic mass is 15.3. The molecule has 2 rings (SSSR count). The monoisotopic (exact) mass is 247 g/mol. The zero-order valence-electron chi connectivity index (χ0n) is 11.1. The van der Waals surface area contributed by atoms with E-state index in [1.165, 1.54) is 0 Å². The van der Waals surface area contributed by atoms with Gasteiger partial charge >= 0.3 is 0 Å². The van der Waals surface area contributed by atoms with Gasteiger partial charge in [0.2, 0.25) is 0 Å². The minimum absolute atomic E-state index is 0.475. The van der Waals surface area contributed by atoms with E-state index in [9.17, 15) is 0 Å². The summed E-state index contributed by atoms with van der Waals surface area (Å²) in [4.78, 5) is 0. The van der Waals surface area contributed by atoms with Crippen LogP contribution in [-0.4, -0.2) is 26.1 Å². The predicted molar refractivity (Wildman–Crippen MR) is 71.2 cm³/mol. The molecule has 0 saturated carbocycles. The van der Waals surface area contributed by atoms with Crippen molar-refractivity contribution < 1.29 is 0 Å². The Kier molecular flexibility index (Phi) is 4.52. The molecule has 0 aliphatic carbocycles. The molecule has 1 unspecified atom stereocenters. The zero-order chi connectivity index (χ0) is 12.8. The molecule has 0 aliphatic rings. The highest BCUT2D eigenvalue weighted by molar-refractivity contribution is 4.99. The van der Waals surface area contributed by atoms with Gasteiger partial charge < -0.3 is 5.32 Å². The van der Waals surface area contributed by atoms with Crippen molar-refractivity contribution in [2.45, 2.75) is 39.4 Å². The van der Waals surface area contributed by atoms with Crippen LogP contribution in [-0.2, 0) is 13.1 Å². The van der Waals surface area contributed by atoms with Crippen molar-refractivity contribution in [2.24, 2.45) is 0 Å². The second kappa shape index (κ2) is 6.35. The largest absolute Gasteiger partial charge is 0.309 e. The van der Waals surface area contributed by atoms with E-state index in [0.29, 0.717) is 6.04 Å².